The van der Waals surface area contributed by atoms with Crippen LogP contribution in [0.15, 0.2) is 23.1 Å². The van der Waals surface area contributed by atoms with Gasteiger partial charge in [-0.25, -0.2) is 8.42 Å². The van der Waals surface area contributed by atoms with E-state index < -0.39 is 10.0 Å². The van der Waals surface area contributed by atoms with Crippen molar-refractivity contribution >= 4 is 33.2 Å². The van der Waals surface area contributed by atoms with Crippen molar-refractivity contribution in [3.63, 3.8) is 0 Å². The summed E-state index contributed by atoms with van der Waals surface area (Å²) in [5.74, 6) is 0.667. The van der Waals surface area contributed by atoms with Crippen molar-refractivity contribution in [1.82, 2.24) is 14.5 Å². The van der Waals surface area contributed by atoms with Crippen molar-refractivity contribution in [2.24, 2.45) is 5.92 Å². The van der Waals surface area contributed by atoms with Crippen LogP contribution in [-0.4, -0.2) is 63.4 Å². The second-order valence-electron chi connectivity index (χ2n) is 6.47. The first kappa shape index (κ1) is 18.4. The fraction of sp³-hybridized carbons (Fsp3) is 0.625. The lowest BCUT2D eigenvalue weighted by atomic mass is 9.99. The van der Waals surface area contributed by atoms with Gasteiger partial charge in [0.2, 0.25) is 10.0 Å². The number of sulfonamides is 1. The molecule has 5 nitrogen and oxygen atoms in total. The van der Waals surface area contributed by atoms with Crippen LogP contribution >= 0.6 is 23.2 Å². The molecule has 134 valence electrons. The molecule has 0 aromatic heterocycles. The van der Waals surface area contributed by atoms with Crippen LogP contribution in [-0.2, 0) is 10.0 Å². The van der Waals surface area contributed by atoms with E-state index in [-0.39, 0.29) is 14.9 Å². The Morgan fingerprint density at radius 3 is 2.38 bits per heavy atom. The zero-order valence-corrected chi connectivity index (χ0v) is 15.9. The summed E-state index contributed by atoms with van der Waals surface area (Å²) >= 11 is 12.2. The van der Waals surface area contributed by atoms with Crippen LogP contribution in [0.2, 0.25) is 10.0 Å². The molecule has 0 saturated carbocycles. The van der Waals surface area contributed by atoms with Gasteiger partial charge < -0.3 is 10.2 Å². The predicted octanol–water partition coefficient (Wildman–Crippen LogP) is 2.30. The normalized spacial score (nSPS) is 24.2. The number of benzene rings is 1. The average Bonchev–Trinajstić information content (AvgIpc) is 2.56. The summed E-state index contributed by atoms with van der Waals surface area (Å²) in [5, 5.41) is 3.79. The maximum Gasteiger partial charge on any atom is 0.246 e. The van der Waals surface area contributed by atoms with E-state index in [1.54, 1.807) is 18.2 Å². The maximum atomic E-state index is 12.9. The molecule has 1 atom stereocenters. The van der Waals surface area contributed by atoms with Crippen LogP contribution in [0.4, 0.5) is 0 Å². The Bertz CT molecular complexity index is 650. The van der Waals surface area contributed by atoms with E-state index in [1.807, 2.05) is 0 Å². The molecule has 2 aliphatic heterocycles. The number of piperazine rings is 1. The second-order valence-corrected chi connectivity index (χ2v) is 9.16. The highest BCUT2D eigenvalue weighted by Gasteiger charge is 2.32. The van der Waals surface area contributed by atoms with Crippen molar-refractivity contribution in [1.29, 1.82) is 0 Å². The molecule has 2 fully saturated rings. The Balaban J connectivity index is 1.63. The minimum absolute atomic E-state index is 0.0262. The van der Waals surface area contributed by atoms with Crippen LogP contribution in [0.5, 0.6) is 0 Å². The Labute approximate surface area is 154 Å². The van der Waals surface area contributed by atoms with Gasteiger partial charge in [0.05, 0.1) is 10.0 Å². The summed E-state index contributed by atoms with van der Waals surface area (Å²) < 4.78 is 27.2. The number of nitrogens with zero attached hydrogens (tertiary/aromatic N) is 2. The fourth-order valence-corrected chi connectivity index (χ4v) is 5.97. The highest BCUT2D eigenvalue weighted by molar-refractivity contribution is 7.89. The molecule has 0 amide bonds. The summed E-state index contributed by atoms with van der Waals surface area (Å²) in [4.78, 5) is 2.39. The predicted molar refractivity (Wildman–Crippen MR) is 97.3 cm³/mol. The fourth-order valence-electron chi connectivity index (χ4n) is 3.46. The minimum atomic E-state index is -3.65. The quantitative estimate of drug-likeness (QED) is 0.855. The molecule has 0 spiro atoms. The van der Waals surface area contributed by atoms with E-state index in [0.29, 0.717) is 19.0 Å². The molecule has 2 saturated heterocycles. The number of hydrogen-bond donors (Lipinski definition) is 1. The summed E-state index contributed by atoms with van der Waals surface area (Å²) in [6.45, 7) is 5.66. The smallest absolute Gasteiger partial charge is 0.246 e. The highest BCUT2D eigenvalue weighted by Crippen LogP contribution is 2.31. The summed E-state index contributed by atoms with van der Waals surface area (Å²) in [5.41, 5.74) is 0. The first-order valence-corrected chi connectivity index (χ1v) is 10.6. The molecule has 8 heteroatoms. The Kier molecular flexibility index (Phi) is 6.06. The number of hydrogen-bond acceptors (Lipinski definition) is 4. The molecule has 3 rings (SSSR count). The molecule has 24 heavy (non-hydrogen) atoms. The number of nitrogens with one attached hydrogen (secondary N) is 1. The van der Waals surface area contributed by atoms with Gasteiger partial charge in [-0.15, -0.1) is 0 Å². The Morgan fingerprint density at radius 2 is 1.79 bits per heavy atom. The molecule has 1 N–H and O–H groups in total. The van der Waals surface area contributed by atoms with Gasteiger partial charge in [0.15, 0.2) is 0 Å². The zero-order chi connectivity index (χ0) is 17.2. The van der Waals surface area contributed by atoms with Gasteiger partial charge in [-0.2, -0.15) is 4.31 Å². The molecule has 0 bridgehead atoms. The van der Waals surface area contributed by atoms with E-state index >= 15 is 0 Å². The first-order chi connectivity index (χ1) is 11.5. The molecular formula is C16H23Cl2N3O2S. The third-order valence-electron chi connectivity index (χ3n) is 4.76. The van der Waals surface area contributed by atoms with Crippen LogP contribution in [0.3, 0.4) is 0 Å². The van der Waals surface area contributed by atoms with Gasteiger partial charge in [0, 0.05) is 32.7 Å². The van der Waals surface area contributed by atoms with Gasteiger partial charge in [-0.3, -0.25) is 0 Å². The molecular weight excluding hydrogens is 369 g/mol. The first-order valence-electron chi connectivity index (χ1n) is 8.36. The number of halogens is 2. The van der Waals surface area contributed by atoms with E-state index in [0.717, 1.165) is 32.7 Å². The van der Waals surface area contributed by atoms with Crippen molar-refractivity contribution in [2.45, 2.75) is 17.7 Å². The van der Waals surface area contributed by atoms with Gasteiger partial charge >= 0.3 is 0 Å². The monoisotopic (exact) mass is 391 g/mol. The average molecular weight is 392 g/mol. The van der Waals surface area contributed by atoms with Crippen molar-refractivity contribution in [3.05, 3.63) is 28.2 Å². The molecule has 1 unspecified atom stereocenters. The lowest BCUT2D eigenvalue weighted by Crippen LogP contribution is -2.50. The summed E-state index contributed by atoms with van der Waals surface area (Å²) in [6.07, 6.45) is 2.48. The highest BCUT2D eigenvalue weighted by atomic mass is 35.5. The minimum Gasteiger partial charge on any atom is -0.316 e. The maximum absolute atomic E-state index is 12.9. The van der Waals surface area contributed by atoms with Crippen molar-refractivity contribution in [2.75, 3.05) is 45.8 Å². The van der Waals surface area contributed by atoms with Crippen molar-refractivity contribution in [3.8, 4) is 0 Å². The van der Waals surface area contributed by atoms with Crippen LogP contribution in [0.25, 0.3) is 0 Å². The van der Waals surface area contributed by atoms with Gasteiger partial charge in [0.1, 0.15) is 4.90 Å². The lowest BCUT2D eigenvalue weighted by molar-refractivity contribution is 0.154. The molecule has 0 aliphatic carbocycles. The third-order valence-corrected chi connectivity index (χ3v) is 7.62. The van der Waals surface area contributed by atoms with E-state index in [1.165, 1.54) is 17.1 Å². The molecule has 1 aromatic rings. The van der Waals surface area contributed by atoms with Crippen LogP contribution < -0.4 is 5.32 Å². The van der Waals surface area contributed by atoms with E-state index in [9.17, 15) is 8.42 Å². The number of piperidine rings is 1. The summed E-state index contributed by atoms with van der Waals surface area (Å²) in [7, 11) is -3.65. The molecule has 2 aliphatic rings. The molecule has 2 heterocycles. The van der Waals surface area contributed by atoms with Gasteiger partial charge in [-0.1, -0.05) is 29.3 Å². The number of rotatable bonds is 4. The van der Waals surface area contributed by atoms with Crippen molar-refractivity contribution < 1.29 is 8.42 Å². The standard InChI is InChI=1S/C16H23Cl2N3O2S/c17-14-4-1-5-15(18)16(14)24(22,23)21-9-7-20(8-10-21)12-13-3-2-6-19-11-13/h1,4-5,13,19H,2-3,6-12H2. The van der Waals surface area contributed by atoms with Crippen LogP contribution in [0, 0.1) is 5.92 Å². The van der Waals surface area contributed by atoms with E-state index in [2.05, 4.69) is 10.2 Å². The Morgan fingerprint density at radius 1 is 1.12 bits per heavy atom. The third kappa shape index (κ3) is 4.06. The molecule has 1 aromatic carbocycles. The largest absolute Gasteiger partial charge is 0.316 e. The van der Waals surface area contributed by atoms with Gasteiger partial charge in [0.25, 0.3) is 0 Å². The van der Waals surface area contributed by atoms with E-state index in [4.69, 9.17) is 23.2 Å². The lowest BCUT2D eigenvalue weighted by Gasteiger charge is -2.36. The second kappa shape index (κ2) is 7.89. The summed E-state index contributed by atoms with van der Waals surface area (Å²) in [6, 6.07) is 4.78. The SMILES string of the molecule is O=S(=O)(c1c(Cl)cccc1Cl)N1CCN(CC2CCCNC2)CC1. The van der Waals surface area contributed by atoms with Crippen LogP contribution in [0.1, 0.15) is 12.8 Å². The zero-order valence-electron chi connectivity index (χ0n) is 13.5. The Hall–Kier alpha value is -0.370. The van der Waals surface area contributed by atoms with Gasteiger partial charge in [-0.05, 0) is 44.0 Å². The molecule has 0 radical (unpaired) electrons. The topological polar surface area (TPSA) is 52.7 Å².